The van der Waals surface area contributed by atoms with Crippen LogP contribution >= 0.6 is 23.1 Å². The highest BCUT2D eigenvalue weighted by molar-refractivity contribution is 8.00. The van der Waals surface area contributed by atoms with Gasteiger partial charge in [0.15, 0.2) is 5.78 Å². The molecular formula is C22H19F2N3OS2. The number of aryl methyl sites for hydroxylation is 1. The molecule has 1 aromatic heterocycles. The highest BCUT2D eigenvalue weighted by Gasteiger charge is 2.42. The summed E-state index contributed by atoms with van der Waals surface area (Å²) >= 11 is 3.13. The van der Waals surface area contributed by atoms with Crippen LogP contribution in [0, 0.1) is 29.9 Å². The van der Waals surface area contributed by atoms with Crippen LogP contribution in [0.15, 0.2) is 51.1 Å². The third-order valence-electron chi connectivity index (χ3n) is 5.42. The number of hydrogen-bond acceptors (Lipinski definition) is 6. The van der Waals surface area contributed by atoms with Crippen LogP contribution in [0.1, 0.15) is 35.6 Å². The zero-order valence-electron chi connectivity index (χ0n) is 16.5. The summed E-state index contributed by atoms with van der Waals surface area (Å²) in [6.07, 6.45) is 3.28. The van der Waals surface area contributed by atoms with E-state index in [2.05, 4.69) is 6.07 Å². The Bertz CT molecular complexity index is 1140. The number of halogens is 2. The number of carbonyl (C=O) groups is 1. The summed E-state index contributed by atoms with van der Waals surface area (Å²) < 4.78 is 30.4. The highest BCUT2D eigenvalue weighted by Crippen LogP contribution is 2.50. The zero-order chi connectivity index (χ0) is 21.6. The number of anilines is 1. The summed E-state index contributed by atoms with van der Waals surface area (Å²) in [6, 6.07) is 7.66. The number of Topliss-reactive ketones (excluding diaryl/α,β-unsaturated/α-hetero) is 1. The van der Waals surface area contributed by atoms with E-state index in [4.69, 9.17) is 5.73 Å². The molecule has 8 heteroatoms. The molecule has 0 saturated carbocycles. The molecule has 0 amide bonds. The summed E-state index contributed by atoms with van der Waals surface area (Å²) in [5.41, 5.74) is 7.92. The maximum absolute atomic E-state index is 14.7. The SMILES string of the molecule is CSc1sc(C)cc1C1C(C#N)=C(N)N(c2c(F)cccc2F)C2=C1C(=O)CCC2. The van der Waals surface area contributed by atoms with Gasteiger partial charge in [0.05, 0.1) is 21.8 Å². The highest BCUT2D eigenvalue weighted by atomic mass is 32.2. The van der Waals surface area contributed by atoms with Gasteiger partial charge in [0.25, 0.3) is 0 Å². The maximum Gasteiger partial charge on any atom is 0.161 e. The summed E-state index contributed by atoms with van der Waals surface area (Å²) in [5.74, 6) is -2.37. The van der Waals surface area contributed by atoms with E-state index in [0.717, 1.165) is 26.8 Å². The van der Waals surface area contributed by atoms with Crippen molar-refractivity contribution in [3.8, 4) is 6.07 Å². The van der Waals surface area contributed by atoms with E-state index in [1.54, 1.807) is 23.1 Å². The lowest BCUT2D eigenvalue weighted by molar-refractivity contribution is -0.116. The van der Waals surface area contributed by atoms with Gasteiger partial charge in [-0.1, -0.05) is 6.07 Å². The first kappa shape index (κ1) is 20.6. The minimum Gasteiger partial charge on any atom is -0.384 e. The van der Waals surface area contributed by atoms with E-state index >= 15 is 0 Å². The first-order valence-electron chi connectivity index (χ1n) is 9.43. The molecule has 1 aliphatic carbocycles. The van der Waals surface area contributed by atoms with Crippen LogP contribution in [0.4, 0.5) is 14.5 Å². The average Bonchev–Trinajstić information content (AvgIpc) is 3.09. The smallest absolute Gasteiger partial charge is 0.161 e. The minimum absolute atomic E-state index is 0.0316. The number of benzene rings is 1. The molecule has 0 bridgehead atoms. The minimum atomic E-state index is -0.797. The van der Waals surface area contributed by atoms with Crippen molar-refractivity contribution >= 4 is 34.6 Å². The lowest BCUT2D eigenvalue weighted by atomic mass is 9.76. The predicted octanol–water partition coefficient (Wildman–Crippen LogP) is 5.36. The lowest BCUT2D eigenvalue weighted by Gasteiger charge is -2.39. The van der Waals surface area contributed by atoms with Gasteiger partial charge in [-0.3, -0.25) is 9.69 Å². The molecule has 1 unspecified atom stereocenters. The van der Waals surface area contributed by atoms with Gasteiger partial charge >= 0.3 is 0 Å². The molecule has 0 radical (unpaired) electrons. The fraction of sp³-hybridized carbons (Fsp3) is 0.273. The molecule has 2 aromatic rings. The quantitative estimate of drug-likeness (QED) is 0.647. The molecule has 2 heterocycles. The van der Waals surface area contributed by atoms with Crippen molar-refractivity contribution in [3.05, 3.63) is 69.0 Å². The molecule has 1 aliphatic heterocycles. The standard InChI is InChI=1S/C22H19F2N3OS2/c1-11-9-12(22(29-2)30-11)18-13(10-25)21(26)27(16-7-4-8-17(28)19(16)18)20-14(23)5-3-6-15(20)24/h3,5-6,9,18H,4,7-8,26H2,1-2H3. The number of rotatable bonds is 3. The van der Waals surface area contributed by atoms with Gasteiger partial charge in [0, 0.05) is 22.6 Å². The topological polar surface area (TPSA) is 70.1 Å². The van der Waals surface area contributed by atoms with Crippen LogP contribution in [0.3, 0.4) is 0 Å². The molecule has 1 aromatic carbocycles. The summed E-state index contributed by atoms with van der Waals surface area (Å²) in [6.45, 7) is 1.97. The van der Waals surface area contributed by atoms with Crippen LogP contribution in [0.2, 0.25) is 0 Å². The van der Waals surface area contributed by atoms with E-state index in [-0.39, 0.29) is 22.9 Å². The molecule has 4 nitrogen and oxygen atoms in total. The Morgan fingerprint density at radius 3 is 2.63 bits per heavy atom. The van der Waals surface area contributed by atoms with Crippen LogP contribution in [0.5, 0.6) is 0 Å². The number of hydrogen-bond donors (Lipinski definition) is 1. The number of thiophene rings is 1. The van der Waals surface area contributed by atoms with Crippen molar-refractivity contribution in [1.82, 2.24) is 0 Å². The van der Waals surface area contributed by atoms with Crippen LogP contribution in [-0.2, 0) is 4.79 Å². The van der Waals surface area contributed by atoms with E-state index in [9.17, 15) is 18.8 Å². The van der Waals surface area contributed by atoms with Gasteiger partial charge < -0.3 is 5.73 Å². The van der Waals surface area contributed by atoms with Gasteiger partial charge in [-0.15, -0.1) is 23.1 Å². The number of para-hydroxylation sites is 1. The molecule has 154 valence electrons. The van der Waals surface area contributed by atoms with Crippen LogP contribution < -0.4 is 10.6 Å². The maximum atomic E-state index is 14.7. The second kappa shape index (κ2) is 7.89. The average molecular weight is 444 g/mol. The van der Waals surface area contributed by atoms with E-state index in [1.807, 2.05) is 19.2 Å². The van der Waals surface area contributed by atoms with Crippen LogP contribution in [0.25, 0.3) is 0 Å². The Labute approximate surface area is 181 Å². The van der Waals surface area contributed by atoms with Gasteiger partial charge in [-0.25, -0.2) is 8.78 Å². The number of nitrogens with two attached hydrogens (primary N) is 1. The van der Waals surface area contributed by atoms with Crippen molar-refractivity contribution < 1.29 is 13.6 Å². The Kier molecular flexibility index (Phi) is 5.43. The van der Waals surface area contributed by atoms with Gasteiger partial charge in [0.1, 0.15) is 23.1 Å². The Morgan fingerprint density at radius 2 is 2.00 bits per heavy atom. The van der Waals surface area contributed by atoms with Crippen molar-refractivity contribution in [2.45, 2.75) is 36.3 Å². The van der Waals surface area contributed by atoms with Gasteiger partial charge in [-0.05, 0) is 49.8 Å². The number of nitrogens with zero attached hydrogens (tertiary/aromatic N) is 2. The van der Waals surface area contributed by atoms with E-state index in [1.165, 1.54) is 11.0 Å². The van der Waals surface area contributed by atoms with Gasteiger partial charge in [-0.2, -0.15) is 5.26 Å². The third-order valence-corrected chi connectivity index (χ3v) is 7.64. The number of carbonyl (C=O) groups excluding carboxylic acids is 1. The molecule has 0 saturated heterocycles. The summed E-state index contributed by atoms with van der Waals surface area (Å²) in [5, 5.41) is 10.0. The zero-order valence-corrected chi connectivity index (χ0v) is 18.1. The van der Waals surface area contributed by atoms with E-state index in [0.29, 0.717) is 30.5 Å². The second-order valence-electron chi connectivity index (χ2n) is 7.19. The molecule has 2 aliphatic rings. The molecule has 1 atom stereocenters. The fourth-order valence-electron chi connectivity index (χ4n) is 4.23. The second-order valence-corrected chi connectivity index (χ2v) is 9.52. The number of allylic oxidation sites excluding steroid dienone is 3. The number of nitriles is 1. The first-order chi connectivity index (χ1) is 14.4. The lowest BCUT2D eigenvalue weighted by Crippen LogP contribution is -2.39. The fourth-order valence-corrected chi connectivity index (χ4v) is 6.14. The number of ketones is 1. The Morgan fingerprint density at radius 1 is 1.30 bits per heavy atom. The van der Waals surface area contributed by atoms with Gasteiger partial charge in [0.2, 0.25) is 0 Å². The normalized spacial score (nSPS) is 19.2. The molecular weight excluding hydrogens is 424 g/mol. The van der Waals surface area contributed by atoms with Crippen LogP contribution in [-0.4, -0.2) is 12.0 Å². The molecule has 2 N–H and O–H groups in total. The molecule has 30 heavy (non-hydrogen) atoms. The first-order valence-corrected chi connectivity index (χ1v) is 11.5. The molecule has 0 fully saturated rings. The number of thioether (sulfide) groups is 1. The predicted molar refractivity (Wildman–Crippen MR) is 115 cm³/mol. The van der Waals surface area contributed by atoms with Crippen molar-refractivity contribution in [1.29, 1.82) is 5.26 Å². The third kappa shape index (κ3) is 3.13. The Hall–Kier alpha value is -2.63. The Balaban J connectivity index is 2.04. The molecule has 0 spiro atoms. The summed E-state index contributed by atoms with van der Waals surface area (Å²) in [7, 11) is 0. The van der Waals surface area contributed by atoms with Crippen molar-refractivity contribution in [2.24, 2.45) is 5.73 Å². The summed E-state index contributed by atoms with van der Waals surface area (Å²) in [4.78, 5) is 15.4. The van der Waals surface area contributed by atoms with E-state index < -0.39 is 17.6 Å². The largest absolute Gasteiger partial charge is 0.384 e. The molecule has 4 rings (SSSR count). The van der Waals surface area contributed by atoms with Crippen molar-refractivity contribution in [2.75, 3.05) is 11.2 Å². The monoisotopic (exact) mass is 443 g/mol. The van der Waals surface area contributed by atoms with Crippen molar-refractivity contribution in [3.63, 3.8) is 0 Å².